The molecule has 3 rings (SSSR count). The van der Waals surface area contributed by atoms with E-state index in [2.05, 4.69) is 4.98 Å². The van der Waals surface area contributed by atoms with Gasteiger partial charge in [0, 0.05) is 0 Å². The fourth-order valence-corrected chi connectivity index (χ4v) is 1.85. The molecule has 2 aromatic rings. The molecule has 1 aromatic carbocycles. The molecule has 6 heteroatoms. The number of nitrogens with zero attached hydrogens (tertiary/aromatic N) is 2. The number of carboxylic acids is 1. The zero-order valence-corrected chi connectivity index (χ0v) is 8.83. The van der Waals surface area contributed by atoms with Crippen LogP contribution >= 0.6 is 0 Å². The normalized spacial score (nSPS) is 16.2. The van der Waals surface area contributed by atoms with Crippen LogP contribution in [0.1, 0.15) is 10.4 Å². The number of rotatable bonds is 2. The molecular formula is C11H10N2O4. The van der Waals surface area contributed by atoms with E-state index < -0.39 is 5.97 Å². The summed E-state index contributed by atoms with van der Waals surface area (Å²) >= 11 is 0. The molecular weight excluding hydrogens is 224 g/mol. The largest absolute Gasteiger partial charge is 0.478 e. The van der Waals surface area contributed by atoms with Crippen LogP contribution in [0, 0.1) is 0 Å². The Kier molecular flexibility index (Phi) is 2.05. The van der Waals surface area contributed by atoms with E-state index in [-0.39, 0.29) is 17.3 Å². The van der Waals surface area contributed by atoms with E-state index in [0.717, 1.165) is 0 Å². The van der Waals surface area contributed by atoms with Crippen molar-refractivity contribution in [3.05, 3.63) is 23.8 Å². The monoisotopic (exact) mass is 234 g/mol. The van der Waals surface area contributed by atoms with Gasteiger partial charge in [-0.15, -0.1) is 0 Å². The number of oxazole rings is 1. The predicted octanol–water partition coefficient (Wildman–Crippen LogP) is 0.707. The average Bonchev–Trinajstić information content (AvgIpc) is 2.66. The zero-order chi connectivity index (χ0) is 12.0. The molecule has 0 saturated carbocycles. The average molecular weight is 234 g/mol. The Labute approximate surface area is 96.1 Å². The maximum Gasteiger partial charge on any atom is 0.339 e. The van der Waals surface area contributed by atoms with Crippen molar-refractivity contribution in [3.63, 3.8) is 0 Å². The van der Waals surface area contributed by atoms with Gasteiger partial charge in [-0.3, -0.25) is 0 Å². The van der Waals surface area contributed by atoms with Crippen molar-refractivity contribution in [1.29, 1.82) is 0 Å². The maximum atomic E-state index is 11.0. The lowest BCUT2D eigenvalue weighted by atomic mass is 10.2. The lowest BCUT2D eigenvalue weighted by molar-refractivity contribution is 0.0697. The van der Waals surface area contributed by atoms with Gasteiger partial charge in [0.15, 0.2) is 5.58 Å². The van der Waals surface area contributed by atoms with Gasteiger partial charge in [-0.25, -0.2) is 4.79 Å². The van der Waals surface area contributed by atoms with Crippen molar-refractivity contribution in [2.75, 3.05) is 18.0 Å². The van der Waals surface area contributed by atoms with Crippen molar-refractivity contribution < 1.29 is 19.4 Å². The summed E-state index contributed by atoms with van der Waals surface area (Å²) in [5.74, 6) is -1.04. The van der Waals surface area contributed by atoms with Crippen LogP contribution < -0.4 is 4.90 Å². The highest BCUT2D eigenvalue weighted by molar-refractivity contribution is 6.00. The van der Waals surface area contributed by atoms with Crippen LogP contribution in [0.2, 0.25) is 0 Å². The number of aliphatic hydroxyl groups is 1. The second kappa shape index (κ2) is 3.46. The molecule has 0 amide bonds. The van der Waals surface area contributed by atoms with Gasteiger partial charge in [0.05, 0.1) is 19.2 Å². The Morgan fingerprint density at radius 1 is 1.47 bits per heavy atom. The Morgan fingerprint density at radius 2 is 2.24 bits per heavy atom. The van der Waals surface area contributed by atoms with E-state index in [9.17, 15) is 9.90 Å². The number of carbonyl (C=O) groups is 1. The molecule has 0 aliphatic carbocycles. The first-order chi connectivity index (χ1) is 8.15. The Hall–Kier alpha value is -2.08. The Balaban J connectivity index is 2.06. The fraction of sp³-hybridized carbons (Fsp3) is 0.273. The van der Waals surface area contributed by atoms with Gasteiger partial charge in [0.1, 0.15) is 11.1 Å². The van der Waals surface area contributed by atoms with Crippen molar-refractivity contribution in [2.24, 2.45) is 0 Å². The van der Waals surface area contributed by atoms with Crippen LogP contribution in [0.15, 0.2) is 22.6 Å². The van der Waals surface area contributed by atoms with Crippen LogP contribution in [0.25, 0.3) is 11.1 Å². The number of aromatic nitrogens is 1. The summed E-state index contributed by atoms with van der Waals surface area (Å²) < 4.78 is 5.44. The summed E-state index contributed by atoms with van der Waals surface area (Å²) in [7, 11) is 0. The SMILES string of the molecule is O=C(O)c1cccc2nc(N3CC(O)C3)oc12. The van der Waals surface area contributed by atoms with Crippen LogP contribution in [0.5, 0.6) is 0 Å². The molecule has 0 radical (unpaired) electrons. The lowest BCUT2D eigenvalue weighted by Crippen LogP contribution is -2.51. The molecule has 2 heterocycles. The summed E-state index contributed by atoms with van der Waals surface area (Å²) in [5.41, 5.74) is 0.889. The molecule has 1 fully saturated rings. The Bertz CT molecular complexity index is 586. The van der Waals surface area contributed by atoms with Crippen LogP contribution in [-0.4, -0.2) is 40.4 Å². The number of hydrogen-bond donors (Lipinski definition) is 2. The smallest absolute Gasteiger partial charge is 0.339 e. The molecule has 0 bridgehead atoms. The highest BCUT2D eigenvalue weighted by atomic mass is 16.4. The van der Waals surface area contributed by atoms with Crippen molar-refractivity contribution in [3.8, 4) is 0 Å². The third-order valence-electron chi connectivity index (χ3n) is 2.77. The van der Waals surface area contributed by atoms with Gasteiger partial charge >= 0.3 is 5.97 Å². The van der Waals surface area contributed by atoms with E-state index >= 15 is 0 Å². The third kappa shape index (κ3) is 1.53. The molecule has 88 valence electrons. The van der Waals surface area contributed by atoms with Crippen molar-refractivity contribution >= 4 is 23.1 Å². The van der Waals surface area contributed by atoms with E-state index in [1.165, 1.54) is 6.07 Å². The number of aliphatic hydroxyl groups excluding tert-OH is 1. The zero-order valence-electron chi connectivity index (χ0n) is 8.83. The van der Waals surface area contributed by atoms with Crippen LogP contribution in [0.3, 0.4) is 0 Å². The number of aromatic carboxylic acids is 1. The molecule has 1 aliphatic rings. The summed E-state index contributed by atoms with van der Waals surface area (Å²) in [6, 6.07) is 5.16. The van der Waals surface area contributed by atoms with Gasteiger partial charge < -0.3 is 19.5 Å². The first-order valence-electron chi connectivity index (χ1n) is 5.21. The van der Waals surface area contributed by atoms with Gasteiger partial charge in [0.25, 0.3) is 6.01 Å². The van der Waals surface area contributed by atoms with Gasteiger partial charge in [0.2, 0.25) is 0 Å². The summed E-state index contributed by atoms with van der Waals surface area (Å²) in [6.07, 6.45) is -0.357. The standard InChI is InChI=1S/C11H10N2O4/c14-6-4-13(5-6)11-12-8-3-1-2-7(10(15)16)9(8)17-11/h1-3,6,14H,4-5H2,(H,15,16). The number of fused-ring (bicyclic) bond motifs is 1. The number of benzene rings is 1. The quantitative estimate of drug-likeness (QED) is 0.795. The summed E-state index contributed by atoms with van der Waals surface area (Å²) in [4.78, 5) is 16.9. The number of anilines is 1. The van der Waals surface area contributed by atoms with Crippen LogP contribution in [-0.2, 0) is 0 Å². The van der Waals surface area contributed by atoms with E-state index in [1.54, 1.807) is 17.0 Å². The molecule has 6 nitrogen and oxygen atoms in total. The number of para-hydroxylation sites is 1. The third-order valence-corrected chi connectivity index (χ3v) is 2.77. The second-order valence-corrected chi connectivity index (χ2v) is 4.01. The topological polar surface area (TPSA) is 86.8 Å². The van der Waals surface area contributed by atoms with Crippen molar-refractivity contribution in [2.45, 2.75) is 6.10 Å². The first kappa shape index (κ1) is 10.1. The summed E-state index contributed by atoms with van der Waals surface area (Å²) in [6.45, 7) is 0.935. The molecule has 0 unspecified atom stereocenters. The molecule has 0 spiro atoms. The predicted molar refractivity (Wildman–Crippen MR) is 59.2 cm³/mol. The highest BCUT2D eigenvalue weighted by Gasteiger charge is 2.29. The number of β-amino-alcohol motifs (C(OH)–C–C–N with tert-alkyl or cyclic N) is 1. The number of carboxylic acid groups (broad SMARTS) is 1. The van der Waals surface area contributed by atoms with E-state index in [0.29, 0.717) is 24.6 Å². The lowest BCUT2D eigenvalue weighted by Gasteiger charge is -2.34. The molecule has 1 aromatic heterocycles. The minimum absolute atomic E-state index is 0.0994. The molecule has 2 N–H and O–H groups in total. The van der Waals surface area contributed by atoms with Gasteiger partial charge in [-0.1, -0.05) is 6.07 Å². The molecule has 17 heavy (non-hydrogen) atoms. The minimum Gasteiger partial charge on any atom is -0.478 e. The molecule has 1 saturated heterocycles. The second-order valence-electron chi connectivity index (χ2n) is 4.01. The van der Waals surface area contributed by atoms with Gasteiger partial charge in [-0.05, 0) is 12.1 Å². The minimum atomic E-state index is -1.04. The molecule has 1 aliphatic heterocycles. The first-order valence-corrected chi connectivity index (χ1v) is 5.21. The molecule has 0 atom stereocenters. The van der Waals surface area contributed by atoms with Crippen molar-refractivity contribution in [1.82, 2.24) is 4.98 Å². The van der Waals surface area contributed by atoms with E-state index in [1.807, 2.05) is 0 Å². The van der Waals surface area contributed by atoms with Gasteiger partial charge in [-0.2, -0.15) is 4.98 Å². The fourth-order valence-electron chi connectivity index (χ4n) is 1.85. The Morgan fingerprint density at radius 3 is 2.88 bits per heavy atom. The summed E-state index contributed by atoms with van der Waals surface area (Å²) in [5, 5.41) is 18.2. The maximum absolute atomic E-state index is 11.0. The number of hydrogen-bond acceptors (Lipinski definition) is 5. The van der Waals surface area contributed by atoms with Crippen LogP contribution in [0.4, 0.5) is 6.01 Å². The van der Waals surface area contributed by atoms with E-state index in [4.69, 9.17) is 9.52 Å². The highest BCUT2D eigenvalue weighted by Crippen LogP contribution is 2.27.